The van der Waals surface area contributed by atoms with Crippen molar-refractivity contribution in [1.29, 1.82) is 0 Å². The van der Waals surface area contributed by atoms with Crippen molar-refractivity contribution < 1.29 is 18.7 Å². The number of imidazole rings is 1. The molecule has 0 saturated heterocycles. The minimum absolute atomic E-state index is 0.0661. The second-order valence-corrected chi connectivity index (χ2v) is 9.74. The zero-order valence-corrected chi connectivity index (χ0v) is 20.8. The zero-order chi connectivity index (χ0) is 26.8. The van der Waals surface area contributed by atoms with Crippen molar-refractivity contribution in [2.45, 2.75) is 18.9 Å². The fourth-order valence-electron chi connectivity index (χ4n) is 5.41. The number of hydrogen-bond acceptors (Lipinski definition) is 7. The Balaban J connectivity index is 1.22. The van der Waals surface area contributed by atoms with Crippen molar-refractivity contribution in [3.05, 3.63) is 77.6 Å². The van der Waals surface area contributed by atoms with E-state index in [-0.39, 0.29) is 23.3 Å². The first-order chi connectivity index (χ1) is 18.9. The highest BCUT2D eigenvalue weighted by Gasteiger charge is 2.30. The quantitative estimate of drug-likeness (QED) is 0.369. The Kier molecular flexibility index (Phi) is 5.02. The number of carbonyl (C=O) groups excluding carboxylic acids is 2. The number of halogens is 1. The smallest absolute Gasteiger partial charge is 0.257 e. The molecule has 1 atom stereocenters. The molecule has 3 N–H and O–H groups in total. The lowest BCUT2D eigenvalue weighted by Gasteiger charge is -2.33. The molecule has 0 fully saturated rings. The van der Waals surface area contributed by atoms with E-state index in [1.807, 2.05) is 24.3 Å². The lowest BCUT2D eigenvalue weighted by Crippen LogP contribution is -2.34. The van der Waals surface area contributed by atoms with Gasteiger partial charge in [0.25, 0.3) is 5.91 Å². The summed E-state index contributed by atoms with van der Waals surface area (Å²) in [5, 5.41) is 2.74. The molecule has 2 amide bonds. The van der Waals surface area contributed by atoms with Gasteiger partial charge in [-0.2, -0.15) is 0 Å². The number of nitrogens with one attached hydrogen (secondary N) is 1. The number of hydrogen-bond donors (Lipinski definition) is 2. The molecule has 0 bridgehead atoms. The van der Waals surface area contributed by atoms with Crippen molar-refractivity contribution in [2.75, 3.05) is 24.7 Å². The highest BCUT2D eigenvalue weighted by molar-refractivity contribution is 5.99. The van der Waals surface area contributed by atoms with Crippen LogP contribution in [0.25, 0.3) is 27.7 Å². The van der Waals surface area contributed by atoms with Gasteiger partial charge in [0.2, 0.25) is 5.91 Å². The maximum absolute atomic E-state index is 15.2. The Morgan fingerprint density at radius 2 is 2.05 bits per heavy atom. The lowest BCUT2D eigenvalue weighted by atomic mass is 9.95. The van der Waals surface area contributed by atoms with Gasteiger partial charge in [-0.15, -0.1) is 0 Å². The summed E-state index contributed by atoms with van der Waals surface area (Å²) in [7, 11) is 1.67. The number of rotatable bonds is 3. The molecule has 39 heavy (non-hydrogen) atoms. The van der Waals surface area contributed by atoms with Gasteiger partial charge in [-0.05, 0) is 23.8 Å². The molecule has 1 unspecified atom stereocenters. The number of aromatic nitrogens is 4. The molecular formula is C28H22FN7O3. The maximum atomic E-state index is 15.2. The Hall–Kier alpha value is -5.06. The van der Waals surface area contributed by atoms with Crippen LogP contribution < -0.4 is 15.8 Å². The highest BCUT2D eigenvalue weighted by atomic mass is 19.1. The van der Waals surface area contributed by atoms with Gasteiger partial charge in [-0.25, -0.2) is 19.3 Å². The molecule has 5 heterocycles. The minimum Gasteiger partial charge on any atom is -0.493 e. The van der Waals surface area contributed by atoms with Gasteiger partial charge in [0, 0.05) is 42.4 Å². The lowest BCUT2D eigenvalue weighted by molar-refractivity contribution is -0.115. The first-order valence-corrected chi connectivity index (χ1v) is 12.4. The van der Waals surface area contributed by atoms with Crippen LogP contribution >= 0.6 is 0 Å². The predicted molar refractivity (Wildman–Crippen MR) is 142 cm³/mol. The van der Waals surface area contributed by atoms with Crippen LogP contribution in [0.5, 0.6) is 5.75 Å². The maximum Gasteiger partial charge on any atom is 0.257 e. The average molecular weight is 524 g/mol. The van der Waals surface area contributed by atoms with E-state index in [0.717, 1.165) is 22.3 Å². The normalized spacial score (nSPS) is 16.1. The molecule has 5 aromatic rings. The van der Waals surface area contributed by atoms with Gasteiger partial charge < -0.3 is 20.7 Å². The molecule has 0 aliphatic carbocycles. The first kappa shape index (κ1) is 23.1. The van der Waals surface area contributed by atoms with Crippen molar-refractivity contribution in [2.24, 2.45) is 0 Å². The largest absolute Gasteiger partial charge is 0.493 e. The van der Waals surface area contributed by atoms with E-state index in [9.17, 15) is 9.59 Å². The van der Waals surface area contributed by atoms with E-state index in [4.69, 9.17) is 10.5 Å². The van der Waals surface area contributed by atoms with E-state index < -0.39 is 11.7 Å². The molecule has 194 valence electrons. The molecule has 0 radical (unpaired) electrons. The number of ether oxygens (including phenoxy) is 1. The fourth-order valence-corrected chi connectivity index (χ4v) is 5.41. The average Bonchev–Trinajstić information content (AvgIpc) is 3.57. The standard InChI is InChI=1S/C28H22FN7O3/c1-35(28(38)18-9-22-20(10-19(18)29)33-26(30)23-12-31-13-36(22)23)21-4-5-39-24-7-14(2-3-17(21)24)16-6-15-8-25(37)34-27(15)32-11-16/h2-3,6-7,9-13,21H,4-5,8H2,1H3,(H2,30,33)(H,32,34,37). The summed E-state index contributed by atoms with van der Waals surface area (Å²) in [6.45, 7) is 0.401. The number of amides is 2. The highest BCUT2D eigenvalue weighted by Crippen LogP contribution is 2.39. The summed E-state index contributed by atoms with van der Waals surface area (Å²) in [6, 6.07) is 10.1. The Morgan fingerprint density at radius 1 is 1.18 bits per heavy atom. The van der Waals surface area contributed by atoms with Crippen molar-refractivity contribution >= 4 is 40.0 Å². The molecule has 2 aromatic carbocycles. The summed E-state index contributed by atoms with van der Waals surface area (Å²) in [6.07, 6.45) is 5.70. The number of benzene rings is 2. The van der Waals surface area contributed by atoms with E-state index >= 15 is 4.39 Å². The Bertz CT molecular complexity index is 1850. The Morgan fingerprint density at radius 3 is 2.92 bits per heavy atom. The number of fused-ring (bicyclic) bond motifs is 5. The van der Waals surface area contributed by atoms with Gasteiger partial charge in [-0.3, -0.25) is 14.0 Å². The molecule has 3 aromatic heterocycles. The molecular weight excluding hydrogens is 501 g/mol. The summed E-state index contributed by atoms with van der Waals surface area (Å²) in [4.78, 5) is 39.6. The number of pyridine rings is 1. The molecule has 10 nitrogen and oxygen atoms in total. The van der Waals surface area contributed by atoms with Crippen LogP contribution in [0.15, 0.2) is 55.1 Å². The van der Waals surface area contributed by atoms with Crippen LogP contribution in [-0.4, -0.2) is 49.7 Å². The zero-order valence-electron chi connectivity index (χ0n) is 20.8. The summed E-state index contributed by atoms with van der Waals surface area (Å²) in [5.74, 6) is 0.266. The third-order valence-corrected chi connectivity index (χ3v) is 7.41. The van der Waals surface area contributed by atoms with Gasteiger partial charge >= 0.3 is 0 Å². The van der Waals surface area contributed by atoms with Gasteiger partial charge in [0.05, 0.1) is 48.2 Å². The minimum atomic E-state index is -0.676. The first-order valence-electron chi connectivity index (χ1n) is 12.4. The molecule has 0 spiro atoms. The number of anilines is 2. The molecule has 11 heteroatoms. The van der Waals surface area contributed by atoms with E-state index in [0.29, 0.717) is 47.6 Å². The number of carbonyl (C=O) groups is 2. The van der Waals surface area contributed by atoms with Crippen molar-refractivity contribution in [3.8, 4) is 16.9 Å². The molecule has 0 saturated carbocycles. The van der Waals surface area contributed by atoms with Crippen LogP contribution in [0.3, 0.4) is 0 Å². The SMILES string of the molecule is CN(C(=O)c1cc2c(cc1F)nc(N)c1cncn12)C1CCOc2cc(-c3cnc4c(c3)CC(=O)N4)ccc21. The summed E-state index contributed by atoms with van der Waals surface area (Å²) in [5.41, 5.74) is 10.8. The molecule has 7 rings (SSSR count). The van der Waals surface area contributed by atoms with Crippen LogP contribution in [0.2, 0.25) is 0 Å². The summed E-state index contributed by atoms with van der Waals surface area (Å²) < 4.78 is 22.9. The topological polar surface area (TPSA) is 128 Å². The molecule has 2 aliphatic heterocycles. The van der Waals surface area contributed by atoms with E-state index in [1.165, 1.54) is 12.1 Å². The van der Waals surface area contributed by atoms with E-state index in [2.05, 4.69) is 20.3 Å². The van der Waals surface area contributed by atoms with Gasteiger partial charge in [0.1, 0.15) is 28.7 Å². The van der Waals surface area contributed by atoms with Crippen LogP contribution in [0, 0.1) is 5.82 Å². The second kappa shape index (κ2) is 8.48. The third-order valence-electron chi connectivity index (χ3n) is 7.41. The number of nitrogens with two attached hydrogens (primary N) is 1. The van der Waals surface area contributed by atoms with Gasteiger partial charge in [-0.1, -0.05) is 12.1 Å². The van der Waals surface area contributed by atoms with Crippen LogP contribution in [0.4, 0.5) is 16.0 Å². The number of nitrogen functional groups attached to an aromatic ring is 1. The van der Waals surface area contributed by atoms with Crippen molar-refractivity contribution in [1.82, 2.24) is 24.3 Å². The number of nitrogens with zero attached hydrogens (tertiary/aromatic N) is 5. The van der Waals surface area contributed by atoms with Crippen LogP contribution in [0.1, 0.15) is 33.9 Å². The monoisotopic (exact) mass is 523 g/mol. The third kappa shape index (κ3) is 3.65. The van der Waals surface area contributed by atoms with Crippen LogP contribution in [-0.2, 0) is 11.2 Å². The predicted octanol–water partition coefficient (Wildman–Crippen LogP) is 3.76. The van der Waals surface area contributed by atoms with E-state index in [1.54, 1.807) is 35.1 Å². The van der Waals surface area contributed by atoms with Gasteiger partial charge in [0.15, 0.2) is 0 Å². The molecule has 2 aliphatic rings. The summed E-state index contributed by atoms with van der Waals surface area (Å²) >= 11 is 0. The van der Waals surface area contributed by atoms with Crippen molar-refractivity contribution in [3.63, 3.8) is 0 Å². The second-order valence-electron chi connectivity index (χ2n) is 9.74. The fraction of sp³-hybridized carbons (Fsp3) is 0.179. The Labute approximate surface area is 221 Å².